The van der Waals surface area contributed by atoms with Crippen LogP contribution in [-0.2, 0) is 17.9 Å². The maximum absolute atomic E-state index is 11.3. The second-order valence-electron chi connectivity index (χ2n) is 7.28. The fraction of sp³-hybridized carbons (Fsp3) is 0.409. The third-order valence-corrected chi connectivity index (χ3v) is 4.44. The summed E-state index contributed by atoms with van der Waals surface area (Å²) in [6, 6.07) is 11.9. The van der Waals surface area contributed by atoms with Crippen LogP contribution in [0.4, 0.5) is 0 Å². The van der Waals surface area contributed by atoms with Crippen molar-refractivity contribution in [1.82, 2.24) is 5.32 Å². The van der Waals surface area contributed by atoms with Crippen molar-refractivity contribution in [3.05, 3.63) is 64.2 Å². The summed E-state index contributed by atoms with van der Waals surface area (Å²) in [5.74, 6) is 0.118. The Kier molecular flexibility index (Phi) is 6.81. The second kappa shape index (κ2) is 8.86. The molecule has 4 heteroatoms. The average molecular weight is 355 g/mol. The van der Waals surface area contributed by atoms with Gasteiger partial charge in [-0.25, -0.2) is 0 Å². The van der Waals surface area contributed by atoms with Gasteiger partial charge in [-0.1, -0.05) is 55.8 Å². The number of carboxylic acids is 1. The van der Waals surface area contributed by atoms with Gasteiger partial charge in [0.1, 0.15) is 18.4 Å². The van der Waals surface area contributed by atoms with E-state index in [0.717, 1.165) is 28.0 Å². The van der Waals surface area contributed by atoms with E-state index in [0.29, 0.717) is 13.2 Å². The lowest BCUT2D eigenvalue weighted by Gasteiger charge is -2.19. The molecule has 0 unspecified atom stereocenters. The summed E-state index contributed by atoms with van der Waals surface area (Å²) in [6.07, 6.45) is 0. The molecule has 0 radical (unpaired) electrons. The minimum atomic E-state index is -0.813. The quantitative estimate of drug-likeness (QED) is 0.737. The SMILES string of the molecule is Cc1cccc(COc2c(C)cc(CN[C@H](C(=O)O)C(C)C)cc2C)c1. The van der Waals surface area contributed by atoms with Gasteiger partial charge in [0.15, 0.2) is 0 Å². The first-order valence-corrected chi connectivity index (χ1v) is 9.02. The van der Waals surface area contributed by atoms with Crippen molar-refractivity contribution < 1.29 is 14.6 Å². The first-order valence-electron chi connectivity index (χ1n) is 9.02. The summed E-state index contributed by atoms with van der Waals surface area (Å²) in [4.78, 5) is 11.3. The van der Waals surface area contributed by atoms with Crippen LogP contribution < -0.4 is 10.1 Å². The molecule has 2 aromatic carbocycles. The standard InChI is InChI=1S/C22H29NO3/c1-14(2)20(22(24)25)23-12-19-10-16(4)21(17(5)11-19)26-13-18-8-6-7-15(3)9-18/h6-11,14,20,23H,12-13H2,1-5H3,(H,24,25)/t20-/m0/s1. The highest BCUT2D eigenvalue weighted by Gasteiger charge is 2.20. The van der Waals surface area contributed by atoms with Crippen molar-refractivity contribution in [1.29, 1.82) is 0 Å². The third-order valence-electron chi connectivity index (χ3n) is 4.44. The minimum absolute atomic E-state index is 0.0339. The molecular weight excluding hydrogens is 326 g/mol. The molecule has 0 aliphatic carbocycles. The molecule has 0 spiro atoms. The maximum Gasteiger partial charge on any atom is 0.320 e. The van der Waals surface area contributed by atoms with Crippen LogP contribution in [-0.4, -0.2) is 17.1 Å². The van der Waals surface area contributed by atoms with Crippen LogP contribution in [0.1, 0.15) is 41.7 Å². The lowest BCUT2D eigenvalue weighted by Crippen LogP contribution is -2.40. The molecule has 0 heterocycles. The van der Waals surface area contributed by atoms with E-state index in [9.17, 15) is 9.90 Å². The molecule has 0 aliphatic rings. The highest BCUT2D eigenvalue weighted by molar-refractivity contribution is 5.73. The van der Waals surface area contributed by atoms with Gasteiger partial charge in [-0.05, 0) is 48.9 Å². The van der Waals surface area contributed by atoms with Gasteiger partial charge in [-0.15, -0.1) is 0 Å². The number of carbonyl (C=O) groups is 1. The largest absolute Gasteiger partial charge is 0.488 e. The second-order valence-corrected chi connectivity index (χ2v) is 7.28. The normalized spacial score (nSPS) is 12.2. The fourth-order valence-electron chi connectivity index (χ4n) is 3.16. The summed E-state index contributed by atoms with van der Waals surface area (Å²) < 4.78 is 6.05. The van der Waals surface area contributed by atoms with Crippen molar-refractivity contribution in [2.45, 2.75) is 53.8 Å². The number of benzene rings is 2. The molecule has 1 atom stereocenters. The molecule has 2 aromatic rings. The molecule has 2 N–H and O–H groups in total. The molecule has 0 saturated heterocycles. The number of aryl methyl sites for hydroxylation is 3. The molecule has 0 bridgehead atoms. The van der Waals surface area contributed by atoms with Gasteiger partial charge in [0.2, 0.25) is 0 Å². The van der Waals surface area contributed by atoms with Crippen molar-refractivity contribution in [2.75, 3.05) is 0 Å². The number of hydrogen-bond acceptors (Lipinski definition) is 3. The number of aliphatic carboxylic acids is 1. The topological polar surface area (TPSA) is 58.6 Å². The number of ether oxygens (including phenoxy) is 1. The van der Waals surface area contributed by atoms with E-state index in [1.165, 1.54) is 5.56 Å². The van der Waals surface area contributed by atoms with E-state index in [2.05, 4.69) is 42.6 Å². The zero-order valence-electron chi connectivity index (χ0n) is 16.3. The van der Waals surface area contributed by atoms with Crippen LogP contribution in [0.2, 0.25) is 0 Å². The average Bonchev–Trinajstić information content (AvgIpc) is 2.53. The molecule has 26 heavy (non-hydrogen) atoms. The Morgan fingerprint density at radius 1 is 1.08 bits per heavy atom. The van der Waals surface area contributed by atoms with E-state index in [4.69, 9.17) is 4.74 Å². The van der Waals surface area contributed by atoms with Crippen molar-refractivity contribution >= 4 is 5.97 Å². The summed E-state index contributed by atoms with van der Waals surface area (Å²) in [7, 11) is 0. The summed E-state index contributed by atoms with van der Waals surface area (Å²) >= 11 is 0. The predicted octanol–water partition coefficient (Wildman–Crippen LogP) is 4.39. The Bertz CT molecular complexity index is 745. The highest BCUT2D eigenvalue weighted by Crippen LogP contribution is 2.26. The van der Waals surface area contributed by atoms with Gasteiger partial charge in [0.25, 0.3) is 0 Å². The smallest absolute Gasteiger partial charge is 0.320 e. The van der Waals surface area contributed by atoms with Gasteiger partial charge >= 0.3 is 5.97 Å². The van der Waals surface area contributed by atoms with Crippen LogP contribution in [0.3, 0.4) is 0 Å². The van der Waals surface area contributed by atoms with Gasteiger partial charge in [-0.2, -0.15) is 0 Å². The molecule has 140 valence electrons. The number of carboxylic acid groups (broad SMARTS) is 1. The first kappa shape index (κ1) is 20.0. The van der Waals surface area contributed by atoms with Gasteiger partial charge < -0.3 is 15.2 Å². The van der Waals surface area contributed by atoms with Crippen molar-refractivity contribution in [3.63, 3.8) is 0 Å². The fourth-order valence-corrected chi connectivity index (χ4v) is 3.16. The Balaban J connectivity index is 2.06. The zero-order chi connectivity index (χ0) is 19.3. The van der Waals surface area contributed by atoms with E-state index < -0.39 is 12.0 Å². The molecule has 4 nitrogen and oxygen atoms in total. The van der Waals surface area contributed by atoms with Crippen LogP contribution >= 0.6 is 0 Å². The highest BCUT2D eigenvalue weighted by atomic mass is 16.5. The third kappa shape index (κ3) is 5.33. The summed E-state index contributed by atoms with van der Waals surface area (Å²) in [5.41, 5.74) is 5.56. The van der Waals surface area contributed by atoms with E-state index in [-0.39, 0.29) is 5.92 Å². The molecule has 0 aliphatic heterocycles. The summed E-state index contributed by atoms with van der Waals surface area (Å²) in [5, 5.41) is 12.4. The molecule has 2 rings (SSSR count). The maximum atomic E-state index is 11.3. The Labute approximate surface area is 156 Å². The Morgan fingerprint density at radius 3 is 2.27 bits per heavy atom. The minimum Gasteiger partial charge on any atom is -0.488 e. The van der Waals surface area contributed by atoms with Crippen LogP contribution in [0, 0.1) is 26.7 Å². The number of hydrogen-bond donors (Lipinski definition) is 2. The molecule has 0 saturated carbocycles. The monoisotopic (exact) mass is 355 g/mol. The van der Waals surface area contributed by atoms with Gasteiger partial charge in [-0.3, -0.25) is 4.79 Å². The van der Waals surface area contributed by atoms with Crippen LogP contribution in [0.15, 0.2) is 36.4 Å². The van der Waals surface area contributed by atoms with Crippen molar-refractivity contribution in [3.8, 4) is 5.75 Å². The molecule has 0 amide bonds. The van der Waals surface area contributed by atoms with Crippen LogP contribution in [0.5, 0.6) is 5.75 Å². The first-order chi connectivity index (χ1) is 12.3. The van der Waals surface area contributed by atoms with Gasteiger partial charge in [0, 0.05) is 6.54 Å². The molecule has 0 fully saturated rings. The zero-order valence-corrected chi connectivity index (χ0v) is 16.3. The molecule has 0 aromatic heterocycles. The van der Waals surface area contributed by atoms with E-state index in [1.54, 1.807) is 0 Å². The lowest BCUT2D eigenvalue weighted by atomic mass is 10.0. The number of nitrogens with one attached hydrogen (secondary N) is 1. The van der Waals surface area contributed by atoms with Crippen LogP contribution in [0.25, 0.3) is 0 Å². The molecular formula is C22H29NO3. The van der Waals surface area contributed by atoms with E-state index >= 15 is 0 Å². The predicted molar refractivity (Wildman–Crippen MR) is 105 cm³/mol. The van der Waals surface area contributed by atoms with Crippen molar-refractivity contribution in [2.24, 2.45) is 5.92 Å². The van der Waals surface area contributed by atoms with E-state index in [1.807, 2.05) is 33.8 Å². The summed E-state index contributed by atoms with van der Waals surface area (Å²) in [6.45, 7) is 11.0. The Morgan fingerprint density at radius 2 is 1.73 bits per heavy atom. The Hall–Kier alpha value is -2.33. The lowest BCUT2D eigenvalue weighted by molar-refractivity contribution is -0.140. The number of rotatable bonds is 8. The van der Waals surface area contributed by atoms with Gasteiger partial charge in [0.05, 0.1) is 0 Å².